The van der Waals surface area contributed by atoms with Crippen molar-refractivity contribution in [2.45, 2.75) is 64.5 Å². The predicted octanol–water partition coefficient (Wildman–Crippen LogP) is 3.19. The van der Waals surface area contributed by atoms with Gasteiger partial charge in [-0.3, -0.25) is 0 Å². The lowest BCUT2D eigenvalue weighted by Gasteiger charge is -2.37. The Morgan fingerprint density at radius 1 is 1.25 bits per heavy atom. The summed E-state index contributed by atoms with van der Waals surface area (Å²) in [7, 11) is 0. The second-order valence-electron chi connectivity index (χ2n) is 5.15. The van der Waals surface area contributed by atoms with Crippen molar-refractivity contribution in [3.63, 3.8) is 0 Å². The first kappa shape index (κ1) is 11.7. The van der Waals surface area contributed by atoms with Crippen molar-refractivity contribution < 1.29 is 9.53 Å². The number of amides is 1. The summed E-state index contributed by atoms with van der Waals surface area (Å²) in [5.41, 5.74) is 0. The number of hydrogen-bond acceptors (Lipinski definition) is 2. The second-order valence-corrected chi connectivity index (χ2v) is 5.15. The van der Waals surface area contributed by atoms with Gasteiger partial charge in [0.25, 0.3) is 0 Å². The third kappa shape index (κ3) is 2.18. The van der Waals surface area contributed by atoms with E-state index in [1.165, 1.54) is 32.1 Å². The molecule has 0 spiro atoms. The first-order chi connectivity index (χ1) is 7.76. The number of fused-ring (bicyclic) bond motifs is 2. The highest BCUT2D eigenvalue weighted by Crippen LogP contribution is 2.40. The van der Waals surface area contributed by atoms with Gasteiger partial charge in [-0.2, -0.15) is 0 Å². The van der Waals surface area contributed by atoms with Crippen LogP contribution in [0.25, 0.3) is 0 Å². The molecule has 0 aliphatic carbocycles. The summed E-state index contributed by atoms with van der Waals surface area (Å²) < 4.78 is 5.27. The van der Waals surface area contributed by atoms with Gasteiger partial charge in [-0.15, -0.1) is 0 Å². The summed E-state index contributed by atoms with van der Waals surface area (Å²) in [6, 6.07) is 0.932. The monoisotopic (exact) mass is 225 g/mol. The summed E-state index contributed by atoms with van der Waals surface area (Å²) in [5, 5.41) is 0. The number of ether oxygens (including phenoxy) is 1. The van der Waals surface area contributed by atoms with Gasteiger partial charge in [0.15, 0.2) is 0 Å². The minimum Gasteiger partial charge on any atom is -0.449 e. The van der Waals surface area contributed by atoms with Crippen molar-refractivity contribution in [1.29, 1.82) is 0 Å². The molecule has 16 heavy (non-hydrogen) atoms. The van der Waals surface area contributed by atoms with Gasteiger partial charge >= 0.3 is 6.09 Å². The Labute approximate surface area is 98.1 Å². The van der Waals surface area contributed by atoms with Crippen LogP contribution in [0.1, 0.15) is 52.4 Å². The average Bonchev–Trinajstić information content (AvgIpc) is 2.57. The molecule has 2 heterocycles. The fourth-order valence-corrected chi connectivity index (χ4v) is 3.19. The Morgan fingerprint density at radius 2 is 1.88 bits per heavy atom. The lowest BCUT2D eigenvalue weighted by atomic mass is 9.89. The molecule has 2 aliphatic heterocycles. The van der Waals surface area contributed by atoms with Crippen LogP contribution in [0.2, 0.25) is 0 Å². The molecule has 2 saturated heterocycles. The molecule has 2 fully saturated rings. The van der Waals surface area contributed by atoms with Gasteiger partial charge in [0, 0.05) is 12.1 Å². The van der Waals surface area contributed by atoms with Gasteiger partial charge in [-0.05, 0) is 38.0 Å². The van der Waals surface area contributed by atoms with Crippen LogP contribution in [0.4, 0.5) is 4.79 Å². The highest BCUT2D eigenvalue weighted by Gasteiger charge is 2.43. The smallest absolute Gasteiger partial charge is 0.410 e. The molecule has 0 aromatic rings. The van der Waals surface area contributed by atoms with Gasteiger partial charge < -0.3 is 9.64 Å². The minimum absolute atomic E-state index is 0.0658. The topological polar surface area (TPSA) is 29.5 Å². The third-order valence-corrected chi connectivity index (χ3v) is 4.05. The Hall–Kier alpha value is -0.730. The van der Waals surface area contributed by atoms with Crippen LogP contribution in [-0.2, 0) is 4.74 Å². The molecular formula is C13H23NO2. The summed E-state index contributed by atoms with van der Waals surface area (Å²) in [5.74, 6) is 0.827. The SMILES string of the molecule is CCCOC(=O)N1C2CCC1CC(CC)C2. The molecule has 2 unspecified atom stereocenters. The lowest BCUT2D eigenvalue weighted by molar-refractivity contribution is 0.0570. The van der Waals surface area contributed by atoms with Crippen LogP contribution in [0.3, 0.4) is 0 Å². The first-order valence-electron chi connectivity index (χ1n) is 6.71. The third-order valence-electron chi connectivity index (χ3n) is 4.05. The first-order valence-corrected chi connectivity index (χ1v) is 6.71. The molecule has 2 bridgehead atoms. The number of rotatable bonds is 3. The van der Waals surface area contributed by atoms with E-state index >= 15 is 0 Å². The molecule has 3 nitrogen and oxygen atoms in total. The summed E-state index contributed by atoms with van der Waals surface area (Å²) >= 11 is 0. The van der Waals surface area contributed by atoms with Crippen LogP contribution in [0, 0.1) is 5.92 Å². The Morgan fingerprint density at radius 3 is 2.38 bits per heavy atom. The van der Waals surface area contributed by atoms with Crippen molar-refractivity contribution in [2.75, 3.05) is 6.61 Å². The van der Waals surface area contributed by atoms with Crippen LogP contribution < -0.4 is 0 Å². The van der Waals surface area contributed by atoms with Crippen LogP contribution in [-0.4, -0.2) is 29.7 Å². The maximum absolute atomic E-state index is 11.9. The van der Waals surface area contributed by atoms with Crippen molar-refractivity contribution >= 4 is 6.09 Å². The van der Waals surface area contributed by atoms with E-state index in [-0.39, 0.29) is 6.09 Å². The molecular weight excluding hydrogens is 202 g/mol. The number of carbonyl (C=O) groups excluding carboxylic acids is 1. The molecule has 0 N–H and O–H groups in total. The fourth-order valence-electron chi connectivity index (χ4n) is 3.19. The number of piperidine rings is 1. The second kappa shape index (κ2) is 5.07. The average molecular weight is 225 g/mol. The van der Waals surface area contributed by atoms with Gasteiger partial charge in [-0.1, -0.05) is 20.3 Å². The lowest BCUT2D eigenvalue weighted by Crippen LogP contribution is -2.46. The van der Waals surface area contributed by atoms with Gasteiger partial charge in [0.2, 0.25) is 0 Å². The van der Waals surface area contributed by atoms with E-state index in [1.54, 1.807) is 0 Å². The zero-order valence-electron chi connectivity index (χ0n) is 10.4. The molecule has 2 atom stereocenters. The van der Waals surface area contributed by atoms with Crippen LogP contribution >= 0.6 is 0 Å². The summed E-state index contributed by atoms with van der Waals surface area (Å²) in [6.45, 7) is 4.85. The zero-order chi connectivity index (χ0) is 11.5. The minimum atomic E-state index is -0.0658. The standard InChI is InChI=1S/C13H23NO2/c1-3-7-16-13(15)14-11-5-6-12(14)9-10(4-2)8-11/h10-12H,3-9H2,1-2H3. The molecule has 0 radical (unpaired) electrons. The van der Waals surface area contributed by atoms with Gasteiger partial charge in [0.1, 0.15) is 0 Å². The highest BCUT2D eigenvalue weighted by atomic mass is 16.6. The zero-order valence-corrected chi connectivity index (χ0v) is 10.4. The Bertz CT molecular complexity index is 240. The normalized spacial score (nSPS) is 32.9. The largest absolute Gasteiger partial charge is 0.449 e. The van der Waals surface area contributed by atoms with Gasteiger partial charge in [0.05, 0.1) is 6.61 Å². The Balaban J connectivity index is 1.94. The molecule has 92 valence electrons. The van der Waals surface area contributed by atoms with Crippen molar-refractivity contribution in [3.8, 4) is 0 Å². The molecule has 2 rings (SSSR count). The number of nitrogens with zero attached hydrogens (tertiary/aromatic N) is 1. The fraction of sp³-hybridized carbons (Fsp3) is 0.923. The molecule has 1 amide bonds. The molecule has 3 heteroatoms. The summed E-state index contributed by atoms with van der Waals surface area (Å²) in [4.78, 5) is 13.9. The maximum Gasteiger partial charge on any atom is 0.410 e. The molecule has 0 saturated carbocycles. The van der Waals surface area contributed by atoms with E-state index in [0.717, 1.165) is 12.3 Å². The van der Waals surface area contributed by atoms with Gasteiger partial charge in [-0.25, -0.2) is 4.79 Å². The molecule has 2 aliphatic rings. The van der Waals surface area contributed by atoms with E-state index in [9.17, 15) is 4.79 Å². The molecule has 0 aromatic heterocycles. The number of hydrogen-bond donors (Lipinski definition) is 0. The molecule has 0 aromatic carbocycles. The van der Waals surface area contributed by atoms with E-state index in [1.807, 2.05) is 11.8 Å². The van der Waals surface area contributed by atoms with E-state index in [0.29, 0.717) is 18.7 Å². The Kier molecular flexibility index (Phi) is 3.72. The van der Waals surface area contributed by atoms with Crippen LogP contribution in [0.5, 0.6) is 0 Å². The van der Waals surface area contributed by atoms with Crippen molar-refractivity contribution in [2.24, 2.45) is 5.92 Å². The predicted molar refractivity (Wildman–Crippen MR) is 63.3 cm³/mol. The number of carbonyl (C=O) groups is 1. The van der Waals surface area contributed by atoms with E-state index < -0.39 is 0 Å². The highest BCUT2D eigenvalue weighted by molar-refractivity contribution is 5.69. The van der Waals surface area contributed by atoms with E-state index in [2.05, 4.69) is 6.92 Å². The van der Waals surface area contributed by atoms with Crippen molar-refractivity contribution in [1.82, 2.24) is 4.90 Å². The maximum atomic E-state index is 11.9. The van der Waals surface area contributed by atoms with E-state index in [4.69, 9.17) is 4.74 Å². The summed E-state index contributed by atoms with van der Waals surface area (Å²) in [6.07, 6.45) is 6.84. The van der Waals surface area contributed by atoms with Crippen LogP contribution in [0.15, 0.2) is 0 Å². The van der Waals surface area contributed by atoms with Crippen molar-refractivity contribution in [3.05, 3.63) is 0 Å². The quantitative estimate of drug-likeness (QED) is 0.738.